The zero-order valence-electron chi connectivity index (χ0n) is 11.2. The van der Waals surface area contributed by atoms with Crippen molar-refractivity contribution in [3.05, 3.63) is 69.4 Å². The summed E-state index contributed by atoms with van der Waals surface area (Å²) in [5.41, 5.74) is 7.68. The highest BCUT2D eigenvalue weighted by Gasteiger charge is 2.05. The molecule has 0 aliphatic carbocycles. The number of rotatable bonds is 5. The van der Waals surface area contributed by atoms with Crippen LogP contribution in [-0.4, -0.2) is 11.0 Å². The van der Waals surface area contributed by atoms with Crippen LogP contribution < -0.4 is 11.1 Å². The van der Waals surface area contributed by atoms with E-state index in [1.54, 1.807) is 6.07 Å². The molecule has 0 aliphatic heterocycles. The van der Waals surface area contributed by atoms with Gasteiger partial charge in [0.15, 0.2) is 5.84 Å². The molecule has 21 heavy (non-hydrogen) atoms. The first-order valence-corrected chi connectivity index (χ1v) is 7.11. The van der Waals surface area contributed by atoms with E-state index in [0.717, 1.165) is 15.6 Å². The molecule has 2 aromatic carbocycles. The minimum absolute atomic E-state index is 0.110. The first kappa shape index (κ1) is 15.5. The smallest absolute Gasteiger partial charge is 0.170 e. The molecular formula is C15H15BrFN3O. The van der Waals surface area contributed by atoms with Crippen molar-refractivity contribution in [3.63, 3.8) is 0 Å². The highest BCUT2D eigenvalue weighted by atomic mass is 79.9. The fourth-order valence-electron chi connectivity index (χ4n) is 1.94. The van der Waals surface area contributed by atoms with Crippen LogP contribution in [0.25, 0.3) is 0 Å². The maximum atomic E-state index is 13.5. The second-order valence-electron chi connectivity index (χ2n) is 4.53. The second-order valence-corrected chi connectivity index (χ2v) is 5.38. The summed E-state index contributed by atoms with van der Waals surface area (Å²) in [7, 11) is 0. The Hall–Kier alpha value is -1.92. The minimum atomic E-state index is -0.420. The Labute approximate surface area is 130 Å². The summed E-state index contributed by atoms with van der Waals surface area (Å²) in [6, 6.07) is 12.2. The molecule has 0 radical (unpaired) electrons. The molecule has 6 heteroatoms. The summed E-state index contributed by atoms with van der Waals surface area (Å²) >= 11 is 3.47. The van der Waals surface area contributed by atoms with Gasteiger partial charge in [-0.05, 0) is 35.4 Å². The Kier molecular flexibility index (Phi) is 5.30. The van der Waals surface area contributed by atoms with Crippen molar-refractivity contribution < 1.29 is 9.60 Å². The van der Waals surface area contributed by atoms with Gasteiger partial charge in [-0.1, -0.05) is 39.3 Å². The molecule has 0 fully saturated rings. The summed E-state index contributed by atoms with van der Waals surface area (Å²) in [5.74, 6) is -0.529. The largest absolute Gasteiger partial charge is 0.409 e. The highest BCUT2D eigenvalue weighted by molar-refractivity contribution is 9.10. The quantitative estimate of drug-likeness (QED) is 0.335. The average Bonchev–Trinajstić information content (AvgIpc) is 2.48. The molecule has 0 amide bonds. The van der Waals surface area contributed by atoms with Crippen LogP contribution in [0.5, 0.6) is 0 Å². The number of amidine groups is 1. The molecule has 0 unspecified atom stereocenters. The molecule has 0 bridgehead atoms. The first-order chi connectivity index (χ1) is 10.1. The van der Waals surface area contributed by atoms with Crippen molar-refractivity contribution in [1.82, 2.24) is 5.32 Å². The van der Waals surface area contributed by atoms with Crippen LogP contribution in [0, 0.1) is 5.82 Å². The molecule has 4 N–H and O–H groups in total. The Morgan fingerprint density at radius 1 is 1.24 bits per heavy atom. The van der Waals surface area contributed by atoms with Crippen LogP contribution in [0.4, 0.5) is 4.39 Å². The number of hydrogen-bond acceptors (Lipinski definition) is 3. The van der Waals surface area contributed by atoms with Crippen LogP contribution >= 0.6 is 15.9 Å². The van der Waals surface area contributed by atoms with Gasteiger partial charge >= 0.3 is 0 Å². The number of oxime groups is 1. The van der Waals surface area contributed by atoms with Gasteiger partial charge in [0.1, 0.15) is 5.82 Å². The Morgan fingerprint density at radius 2 is 2.00 bits per heavy atom. The maximum absolute atomic E-state index is 13.5. The Bertz CT molecular complexity index is 661. The number of nitrogens with one attached hydrogen (secondary N) is 1. The lowest BCUT2D eigenvalue weighted by atomic mass is 10.1. The van der Waals surface area contributed by atoms with E-state index in [9.17, 15) is 4.39 Å². The predicted octanol–water partition coefficient (Wildman–Crippen LogP) is 2.97. The molecule has 0 spiro atoms. The maximum Gasteiger partial charge on any atom is 0.170 e. The zero-order valence-corrected chi connectivity index (χ0v) is 12.8. The SMILES string of the molecule is N/C(=N/O)c1cc(F)cc(CNCc2ccccc2Br)c1. The van der Waals surface area contributed by atoms with Crippen molar-refractivity contribution in [3.8, 4) is 0 Å². The van der Waals surface area contributed by atoms with E-state index >= 15 is 0 Å². The number of halogens is 2. The van der Waals surface area contributed by atoms with E-state index < -0.39 is 5.82 Å². The first-order valence-electron chi connectivity index (χ1n) is 6.31. The summed E-state index contributed by atoms with van der Waals surface area (Å²) in [6.45, 7) is 1.13. The van der Waals surface area contributed by atoms with Crippen molar-refractivity contribution in [2.24, 2.45) is 10.9 Å². The monoisotopic (exact) mass is 351 g/mol. The normalized spacial score (nSPS) is 11.6. The molecule has 2 aromatic rings. The van der Waals surface area contributed by atoms with Gasteiger partial charge in [0.05, 0.1) is 0 Å². The van der Waals surface area contributed by atoms with Gasteiger partial charge in [-0.15, -0.1) is 0 Å². The van der Waals surface area contributed by atoms with Crippen LogP contribution in [0.1, 0.15) is 16.7 Å². The van der Waals surface area contributed by atoms with E-state index in [1.165, 1.54) is 12.1 Å². The molecule has 4 nitrogen and oxygen atoms in total. The zero-order chi connectivity index (χ0) is 15.2. The fourth-order valence-corrected chi connectivity index (χ4v) is 2.37. The molecule has 0 saturated heterocycles. The van der Waals surface area contributed by atoms with E-state index in [2.05, 4.69) is 26.4 Å². The Balaban J connectivity index is 2.04. The minimum Gasteiger partial charge on any atom is -0.409 e. The standard InChI is InChI=1S/C15H15BrFN3O/c16-14-4-2-1-3-11(14)9-19-8-10-5-12(15(18)20-21)7-13(17)6-10/h1-7,19,21H,8-9H2,(H2,18,20). The summed E-state index contributed by atoms with van der Waals surface area (Å²) in [4.78, 5) is 0. The van der Waals surface area contributed by atoms with Gasteiger partial charge < -0.3 is 16.3 Å². The summed E-state index contributed by atoms with van der Waals surface area (Å²) < 4.78 is 14.5. The van der Waals surface area contributed by atoms with Gasteiger partial charge in [0, 0.05) is 23.1 Å². The van der Waals surface area contributed by atoms with Gasteiger partial charge in [0.2, 0.25) is 0 Å². The number of nitrogens with zero attached hydrogens (tertiary/aromatic N) is 1. The lowest BCUT2D eigenvalue weighted by Gasteiger charge is -2.08. The summed E-state index contributed by atoms with van der Waals surface area (Å²) in [5, 5.41) is 14.8. The van der Waals surface area contributed by atoms with Crippen molar-refractivity contribution in [2.75, 3.05) is 0 Å². The summed E-state index contributed by atoms with van der Waals surface area (Å²) in [6.07, 6.45) is 0. The lowest BCUT2D eigenvalue weighted by molar-refractivity contribution is 0.318. The van der Waals surface area contributed by atoms with Gasteiger partial charge in [0.25, 0.3) is 0 Å². The fraction of sp³-hybridized carbons (Fsp3) is 0.133. The van der Waals surface area contributed by atoms with E-state index in [0.29, 0.717) is 18.7 Å². The molecule has 0 saturated carbocycles. The molecule has 0 atom stereocenters. The molecule has 2 rings (SSSR count). The van der Waals surface area contributed by atoms with Crippen molar-refractivity contribution in [1.29, 1.82) is 0 Å². The third-order valence-corrected chi connectivity index (χ3v) is 3.74. The predicted molar refractivity (Wildman–Crippen MR) is 83.6 cm³/mol. The average molecular weight is 352 g/mol. The number of hydrogen-bond donors (Lipinski definition) is 3. The van der Waals surface area contributed by atoms with E-state index in [-0.39, 0.29) is 5.84 Å². The van der Waals surface area contributed by atoms with Crippen LogP contribution in [-0.2, 0) is 13.1 Å². The Morgan fingerprint density at radius 3 is 2.71 bits per heavy atom. The van der Waals surface area contributed by atoms with E-state index in [4.69, 9.17) is 10.9 Å². The number of nitrogens with two attached hydrogens (primary N) is 1. The van der Waals surface area contributed by atoms with Crippen molar-refractivity contribution in [2.45, 2.75) is 13.1 Å². The van der Waals surface area contributed by atoms with Crippen LogP contribution in [0.15, 0.2) is 52.1 Å². The van der Waals surface area contributed by atoms with Crippen LogP contribution in [0.3, 0.4) is 0 Å². The van der Waals surface area contributed by atoms with Gasteiger partial charge in [-0.3, -0.25) is 0 Å². The molecule has 0 heterocycles. The van der Waals surface area contributed by atoms with Gasteiger partial charge in [-0.25, -0.2) is 4.39 Å². The lowest BCUT2D eigenvalue weighted by Crippen LogP contribution is -2.16. The van der Waals surface area contributed by atoms with Gasteiger partial charge in [-0.2, -0.15) is 0 Å². The number of benzene rings is 2. The molecule has 0 aromatic heterocycles. The van der Waals surface area contributed by atoms with Crippen molar-refractivity contribution >= 4 is 21.8 Å². The highest BCUT2D eigenvalue weighted by Crippen LogP contribution is 2.16. The second kappa shape index (κ2) is 7.19. The molecule has 0 aliphatic rings. The third kappa shape index (κ3) is 4.27. The molecule has 110 valence electrons. The topological polar surface area (TPSA) is 70.6 Å². The molecular weight excluding hydrogens is 337 g/mol. The third-order valence-electron chi connectivity index (χ3n) is 2.96. The van der Waals surface area contributed by atoms with Crippen LogP contribution in [0.2, 0.25) is 0 Å². The van der Waals surface area contributed by atoms with E-state index in [1.807, 2.05) is 24.3 Å².